The summed E-state index contributed by atoms with van der Waals surface area (Å²) in [4.78, 5) is 43.5. The molecular formula is C19H22N4O3. The summed E-state index contributed by atoms with van der Waals surface area (Å²) < 4.78 is 0. The van der Waals surface area contributed by atoms with E-state index in [9.17, 15) is 14.4 Å². The Balaban J connectivity index is 1.97. The Morgan fingerprint density at radius 1 is 1.19 bits per heavy atom. The van der Waals surface area contributed by atoms with Crippen molar-refractivity contribution in [2.75, 3.05) is 0 Å². The van der Waals surface area contributed by atoms with Crippen LogP contribution in [0.2, 0.25) is 0 Å². The fourth-order valence-electron chi connectivity index (χ4n) is 2.31. The molecule has 26 heavy (non-hydrogen) atoms. The van der Waals surface area contributed by atoms with Crippen molar-refractivity contribution in [1.29, 1.82) is 0 Å². The summed E-state index contributed by atoms with van der Waals surface area (Å²) >= 11 is 0. The number of hydrogen-bond acceptors (Lipinski definition) is 5. The van der Waals surface area contributed by atoms with Gasteiger partial charge in [0.2, 0.25) is 5.91 Å². The fraction of sp³-hybridized carbons (Fsp3) is 0.316. The summed E-state index contributed by atoms with van der Waals surface area (Å²) in [5, 5.41) is 5.46. The summed E-state index contributed by atoms with van der Waals surface area (Å²) in [5.74, 6) is -0.743. The van der Waals surface area contributed by atoms with Gasteiger partial charge in [-0.05, 0) is 43.5 Å². The van der Waals surface area contributed by atoms with Gasteiger partial charge in [-0.15, -0.1) is 0 Å². The Kier molecular flexibility index (Phi) is 7.42. The highest BCUT2D eigenvalue weighted by Gasteiger charge is 2.21. The van der Waals surface area contributed by atoms with E-state index in [0.29, 0.717) is 19.3 Å². The van der Waals surface area contributed by atoms with Crippen LogP contribution in [0.25, 0.3) is 0 Å². The molecule has 0 aromatic carbocycles. The molecule has 1 unspecified atom stereocenters. The van der Waals surface area contributed by atoms with Crippen LogP contribution in [0.3, 0.4) is 0 Å². The van der Waals surface area contributed by atoms with Crippen molar-refractivity contribution < 1.29 is 14.4 Å². The summed E-state index contributed by atoms with van der Waals surface area (Å²) in [5.41, 5.74) is 2.00. The molecule has 136 valence electrons. The molecule has 7 heteroatoms. The normalized spacial score (nSPS) is 11.4. The van der Waals surface area contributed by atoms with E-state index >= 15 is 0 Å². The lowest BCUT2D eigenvalue weighted by Gasteiger charge is -2.18. The number of nitrogens with one attached hydrogen (secondary N) is 2. The Morgan fingerprint density at radius 2 is 2.04 bits per heavy atom. The number of carbonyl (C=O) groups excluding carboxylic acids is 3. The van der Waals surface area contributed by atoms with Crippen molar-refractivity contribution in [3.8, 4) is 0 Å². The van der Waals surface area contributed by atoms with Gasteiger partial charge in [-0.1, -0.05) is 12.1 Å². The predicted octanol–water partition coefficient (Wildman–Crippen LogP) is 1.57. The molecule has 0 aliphatic heterocycles. The fourth-order valence-corrected chi connectivity index (χ4v) is 2.31. The van der Waals surface area contributed by atoms with Crippen LogP contribution in [-0.2, 0) is 16.1 Å². The number of unbranched alkanes of at least 4 members (excludes halogenated alkanes) is 1. The Labute approximate surface area is 152 Å². The van der Waals surface area contributed by atoms with E-state index in [1.807, 2.05) is 19.1 Å². The van der Waals surface area contributed by atoms with Gasteiger partial charge in [0.25, 0.3) is 5.91 Å². The summed E-state index contributed by atoms with van der Waals surface area (Å²) in [6.45, 7) is 2.20. The molecule has 0 aliphatic carbocycles. The lowest BCUT2D eigenvalue weighted by molar-refractivity contribution is -0.123. The minimum atomic E-state index is -0.741. The summed E-state index contributed by atoms with van der Waals surface area (Å²) in [6, 6.07) is 8.00. The average molecular weight is 354 g/mol. The molecule has 0 spiro atoms. The van der Waals surface area contributed by atoms with Crippen LogP contribution >= 0.6 is 0 Å². The molecule has 7 nitrogen and oxygen atoms in total. The molecule has 2 rings (SSSR count). The van der Waals surface area contributed by atoms with E-state index < -0.39 is 11.9 Å². The first kappa shape index (κ1) is 19.2. The van der Waals surface area contributed by atoms with E-state index in [4.69, 9.17) is 0 Å². The van der Waals surface area contributed by atoms with Gasteiger partial charge in [-0.3, -0.25) is 19.6 Å². The number of aryl methyl sites for hydroxylation is 1. The van der Waals surface area contributed by atoms with Crippen LogP contribution < -0.4 is 10.6 Å². The zero-order valence-electron chi connectivity index (χ0n) is 14.6. The van der Waals surface area contributed by atoms with Crippen LogP contribution in [0.15, 0.2) is 42.7 Å². The molecule has 2 amide bonds. The first-order valence-electron chi connectivity index (χ1n) is 8.45. The maximum Gasteiger partial charge on any atom is 0.270 e. The average Bonchev–Trinajstić information content (AvgIpc) is 2.67. The molecule has 0 fully saturated rings. The molecule has 0 saturated heterocycles. The van der Waals surface area contributed by atoms with E-state index in [1.165, 1.54) is 6.20 Å². The van der Waals surface area contributed by atoms with Crippen LogP contribution in [0.4, 0.5) is 0 Å². The maximum absolute atomic E-state index is 12.5. The minimum Gasteiger partial charge on any atom is -0.349 e. The molecule has 0 saturated carbocycles. The first-order valence-corrected chi connectivity index (χ1v) is 8.45. The van der Waals surface area contributed by atoms with Crippen molar-refractivity contribution in [2.24, 2.45) is 0 Å². The second-order valence-electron chi connectivity index (χ2n) is 5.88. The molecule has 2 aromatic rings. The second kappa shape index (κ2) is 10.0. The van der Waals surface area contributed by atoms with E-state index in [-0.39, 0.29) is 18.1 Å². The second-order valence-corrected chi connectivity index (χ2v) is 5.88. The number of carbonyl (C=O) groups is 3. The highest BCUT2D eigenvalue weighted by molar-refractivity contribution is 5.96. The molecule has 0 bridgehead atoms. The molecular weight excluding hydrogens is 332 g/mol. The van der Waals surface area contributed by atoms with Crippen LogP contribution in [0.5, 0.6) is 0 Å². The Hall–Kier alpha value is -3.09. The van der Waals surface area contributed by atoms with Gasteiger partial charge < -0.3 is 15.4 Å². The number of amides is 2. The third-order valence-electron chi connectivity index (χ3n) is 3.75. The molecule has 0 radical (unpaired) electrons. The first-order chi connectivity index (χ1) is 12.6. The molecule has 2 N–H and O–H groups in total. The minimum absolute atomic E-state index is 0.237. The van der Waals surface area contributed by atoms with Gasteiger partial charge in [-0.25, -0.2) is 0 Å². The summed E-state index contributed by atoms with van der Waals surface area (Å²) in [7, 11) is 0. The SMILES string of the molecule is Cc1ccc(CNC(=O)C(CCCC=O)NC(=O)c2ccccn2)nc1. The lowest BCUT2D eigenvalue weighted by atomic mass is 10.1. The Morgan fingerprint density at radius 3 is 2.69 bits per heavy atom. The molecule has 2 heterocycles. The monoisotopic (exact) mass is 354 g/mol. The molecule has 0 aliphatic rings. The van der Waals surface area contributed by atoms with Gasteiger partial charge >= 0.3 is 0 Å². The van der Waals surface area contributed by atoms with E-state index in [0.717, 1.165) is 17.5 Å². The Bertz CT molecular complexity index is 732. The third-order valence-corrected chi connectivity index (χ3v) is 3.75. The number of aromatic nitrogens is 2. The van der Waals surface area contributed by atoms with Crippen LogP contribution in [0, 0.1) is 6.92 Å². The van der Waals surface area contributed by atoms with E-state index in [1.54, 1.807) is 24.4 Å². The zero-order valence-corrected chi connectivity index (χ0v) is 14.6. The predicted molar refractivity (Wildman–Crippen MR) is 96.2 cm³/mol. The zero-order chi connectivity index (χ0) is 18.8. The number of nitrogens with zero attached hydrogens (tertiary/aromatic N) is 2. The van der Waals surface area contributed by atoms with E-state index in [2.05, 4.69) is 20.6 Å². The number of pyridine rings is 2. The van der Waals surface area contributed by atoms with Gasteiger partial charge in [0.05, 0.1) is 12.2 Å². The van der Waals surface area contributed by atoms with Crippen molar-refractivity contribution in [3.63, 3.8) is 0 Å². The number of rotatable bonds is 9. The van der Waals surface area contributed by atoms with Gasteiger partial charge in [0.1, 0.15) is 18.0 Å². The smallest absolute Gasteiger partial charge is 0.270 e. The van der Waals surface area contributed by atoms with Crippen LogP contribution in [0.1, 0.15) is 41.0 Å². The highest BCUT2D eigenvalue weighted by atomic mass is 16.2. The standard InChI is InChI=1S/C19H22N4O3/c1-14-8-9-15(21-12-14)13-22-18(25)17(7-3-5-11-24)23-19(26)16-6-2-4-10-20-16/h2,4,6,8-12,17H,3,5,7,13H2,1H3,(H,22,25)(H,23,26). The van der Waals surface area contributed by atoms with Gasteiger partial charge in [0.15, 0.2) is 0 Å². The van der Waals surface area contributed by atoms with Crippen molar-refractivity contribution >= 4 is 18.1 Å². The highest BCUT2D eigenvalue weighted by Crippen LogP contribution is 2.04. The van der Waals surface area contributed by atoms with Crippen molar-refractivity contribution in [2.45, 2.75) is 38.8 Å². The quantitative estimate of drug-likeness (QED) is 0.526. The molecule has 2 aromatic heterocycles. The van der Waals surface area contributed by atoms with Gasteiger partial charge in [0, 0.05) is 18.8 Å². The maximum atomic E-state index is 12.5. The van der Waals surface area contributed by atoms with Crippen LogP contribution in [-0.4, -0.2) is 34.1 Å². The van der Waals surface area contributed by atoms with Crippen molar-refractivity contribution in [1.82, 2.24) is 20.6 Å². The largest absolute Gasteiger partial charge is 0.349 e. The topological polar surface area (TPSA) is 101 Å². The lowest BCUT2D eigenvalue weighted by Crippen LogP contribution is -2.46. The number of hydrogen-bond donors (Lipinski definition) is 2. The summed E-state index contributed by atoms with van der Waals surface area (Å²) in [6.07, 6.45) is 5.25. The third kappa shape index (κ3) is 6.08. The number of aldehydes is 1. The van der Waals surface area contributed by atoms with Gasteiger partial charge in [-0.2, -0.15) is 0 Å². The van der Waals surface area contributed by atoms with Crippen molar-refractivity contribution in [3.05, 3.63) is 59.7 Å². The molecule has 1 atom stereocenters.